The minimum absolute atomic E-state index is 0.0788. The van der Waals surface area contributed by atoms with Crippen molar-refractivity contribution < 1.29 is 4.79 Å². The van der Waals surface area contributed by atoms with E-state index in [1.54, 1.807) is 0 Å². The number of ketones is 1. The molecule has 5 aromatic carbocycles. The number of nitrogens with zero attached hydrogens (tertiary/aromatic N) is 4. The van der Waals surface area contributed by atoms with Crippen LogP contribution in [0.5, 0.6) is 0 Å². The smallest absolute Gasteiger partial charge is 0.193 e. The molecule has 0 unspecified atom stereocenters. The normalized spacial score (nSPS) is 11.3. The van der Waals surface area contributed by atoms with Crippen molar-refractivity contribution in [1.29, 1.82) is 0 Å². The standard InChI is InChI=1S/C34H26N4O/c1-25-21-23-26(24-22-25)32(39)30-19-11-12-20-31(30)33-35-36-37-38(33)34(27-13-5-2-6-14-27,28-15-7-3-8-16-28)29-17-9-4-10-18-29/h2-24H,1H3. The molecule has 6 rings (SSSR count). The van der Waals surface area contributed by atoms with Gasteiger partial charge in [0.2, 0.25) is 0 Å². The zero-order chi connectivity index (χ0) is 26.7. The number of aromatic nitrogens is 4. The zero-order valence-corrected chi connectivity index (χ0v) is 21.5. The molecule has 0 saturated heterocycles. The topological polar surface area (TPSA) is 60.7 Å². The lowest BCUT2D eigenvalue weighted by Crippen LogP contribution is -2.39. The van der Waals surface area contributed by atoms with Gasteiger partial charge in [0.05, 0.1) is 0 Å². The maximum Gasteiger partial charge on any atom is 0.193 e. The molecule has 0 fully saturated rings. The predicted molar refractivity (Wildman–Crippen MR) is 152 cm³/mol. The molecule has 0 N–H and O–H groups in total. The molecule has 1 heterocycles. The zero-order valence-electron chi connectivity index (χ0n) is 21.5. The minimum Gasteiger partial charge on any atom is -0.289 e. The van der Waals surface area contributed by atoms with Crippen LogP contribution in [0, 0.1) is 6.92 Å². The Kier molecular flexibility index (Phi) is 6.39. The van der Waals surface area contributed by atoms with Crippen molar-refractivity contribution in [2.45, 2.75) is 12.5 Å². The molecule has 0 aliphatic rings. The van der Waals surface area contributed by atoms with Crippen LogP contribution in [0.15, 0.2) is 140 Å². The lowest BCUT2D eigenvalue weighted by Gasteiger charge is -2.36. The van der Waals surface area contributed by atoms with Crippen molar-refractivity contribution in [1.82, 2.24) is 20.2 Å². The first-order valence-electron chi connectivity index (χ1n) is 12.9. The lowest BCUT2D eigenvalue weighted by atomic mass is 9.77. The fourth-order valence-corrected chi connectivity index (χ4v) is 5.22. The molecule has 0 amide bonds. The summed E-state index contributed by atoms with van der Waals surface area (Å²) in [6, 6.07) is 45.8. The summed E-state index contributed by atoms with van der Waals surface area (Å²) >= 11 is 0. The third-order valence-corrected chi connectivity index (χ3v) is 7.09. The van der Waals surface area contributed by atoms with Crippen molar-refractivity contribution in [2.75, 3.05) is 0 Å². The molecule has 188 valence electrons. The van der Waals surface area contributed by atoms with Crippen molar-refractivity contribution in [3.63, 3.8) is 0 Å². The monoisotopic (exact) mass is 506 g/mol. The fourth-order valence-electron chi connectivity index (χ4n) is 5.22. The van der Waals surface area contributed by atoms with Crippen molar-refractivity contribution in [2.24, 2.45) is 0 Å². The van der Waals surface area contributed by atoms with Crippen LogP contribution in [-0.4, -0.2) is 26.0 Å². The van der Waals surface area contributed by atoms with Crippen LogP contribution in [0.2, 0.25) is 0 Å². The highest BCUT2D eigenvalue weighted by molar-refractivity contribution is 6.12. The average molecular weight is 507 g/mol. The van der Waals surface area contributed by atoms with Crippen LogP contribution in [0.4, 0.5) is 0 Å². The number of hydrogen-bond acceptors (Lipinski definition) is 4. The molecular weight excluding hydrogens is 480 g/mol. The van der Waals surface area contributed by atoms with Gasteiger partial charge in [0, 0.05) is 16.7 Å². The summed E-state index contributed by atoms with van der Waals surface area (Å²) in [6.07, 6.45) is 0. The number of aryl methyl sites for hydroxylation is 1. The third kappa shape index (κ3) is 4.24. The molecule has 6 aromatic rings. The van der Waals surface area contributed by atoms with Crippen LogP contribution in [0.3, 0.4) is 0 Å². The van der Waals surface area contributed by atoms with E-state index in [0.717, 1.165) is 22.3 Å². The van der Waals surface area contributed by atoms with Crippen LogP contribution < -0.4 is 0 Å². The van der Waals surface area contributed by atoms with Gasteiger partial charge in [-0.2, -0.15) is 0 Å². The van der Waals surface area contributed by atoms with Gasteiger partial charge in [-0.1, -0.05) is 145 Å². The van der Waals surface area contributed by atoms with Crippen molar-refractivity contribution in [3.8, 4) is 11.4 Å². The van der Waals surface area contributed by atoms with Gasteiger partial charge < -0.3 is 0 Å². The first-order valence-corrected chi connectivity index (χ1v) is 12.9. The van der Waals surface area contributed by atoms with Crippen LogP contribution >= 0.6 is 0 Å². The van der Waals surface area contributed by atoms with E-state index < -0.39 is 5.54 Å². The summed E-state index contributed by atoms with van der Waals surface area (Å²) < 4.78 is 1.86. The van der Waals surface area contributed by atoms with Crippen molar-refractivity contribution >= 4 is 5.78 Å². The van der Waals surface area contributed by atoms with Gasteiger partial charge in [0.25, 0.3) is 0 Å². The number of carbonyl (C=O) groups excluding carboxylic acids is 1. The third-order valence-electron chi connectivity index (χ3n) is 7.09. The molecule has 39 heavy (non-hydrogen) atoms. The van der Waals surface area contributed by atoms with E-state index >= 15 is 0 Å². The quantitative estimate of drug-likeness (QED) is 0.178. The first kappa shape index (κ1) is 24.2. The number of tetrazole rings is 1. The molecule has 0 saturated carbocycles. The van der Waals surface area contributed by atoms with E-state index in [-0.39, 0.29) is 5.78 Å². The van der Waals surface area contributed by atoms with Gasteiger partial charge in [-0.05, 0) is 34.0 Å². The van der Waals surface area contributed by atoms with Gasteiger partial charge in [-0.25, -0.2) is 4.68 Å². The molecule has 1 aromatic heterocycles. The number of rotatable bonds is 7. The predicted octanol–water partition coefficient (Wildman–Crippen LogP) is 6.72. The lowest BCUT2D eigenvalue weighted by molar-refractivity contribution is 0.103. The minimum atomic E-state index is -0.900. The Labute approximate surface area is 227 Å². The summed E-state index contributed by atoms with van der Waals surface area (Å²) in [4.78, 5) is 13.8. The van der Waals surface area contributed by atoms with E-state index in [2.05, 4.69) is 51.9 Å². The largest absolute Gasteiger partial charge is 0.289 e. The molecule has 0 radical (unpaired) electrons. The number of carbonyl (C=O) groups is 1. The SMILES string of the molecule is Cc1ccc(C(=O)c2ccccc2-c2nnnn2C(c2ccccc2)(c2ccccc2)c2ccccc2)cc1. The average Bonchev–Trinajstić information content (AvgIpc) is 3.49. The summed E-state index contributed by atoms with van der Waals surface area (Å²) in [7, 11) is 0. The number of benzene rings is 5. The maximum absolute atomic E-state index is 13.8. The van der Waals surface area contributed by atoms with Gasteiger partial charge in [-0.3, -0.25) is 4.79 Å². The second-order valence-corrected chi connectivity index (χ2v) is 9.46. The summed E-state index contributed by atoms with van der Waals surface area (Å²) in [6.45, 7) is 2.01. The highest BCUT2D eigenvalue weighted by atomic mass is 16.1. The van der Waals surface area contributed by atoms with Gasteiger partial charge >= 0.3 is 0 Å². The molecule has 5 nitrogen and oxygen atoms in total. The molecule has 5 heteroatoms. The van der Waals surface area contributed by atoms with Crippen LogP contribution in [-0.2, 0) is 5.54 Å². The Hall–Kier alpha value is -5.16. The van der Waals surface area contributed by atoms with Gasteiger partial charge in [-0.15, -0.1) is 5.10 Å². The summed E-state index contributed by atoms with van der Waals surface area (Å²) in [5, 5.41) is 13.3. The Balaban J connectivity index is 1.64. The Morgan fingerprint density at radius 2 is 1.10 bits per heavy atom. The van der Waals surface area contributed by atoms with Gasteiger partial charge in [0.1, 0.15) is 5.54 Å². The molecule has 0 atom stereocenters. The van der Waals surface area contributed by atoms with Crippen LogP contribution in [0.25, 0.3) is 11.4 Å². The van der Waals surface area contributed by atoms with Gasteiger partial charge in [0.15, 0.2) is 11.6 Å². The fraction of sp³-hybridized carbons (Fsp3) is 0.0588. The Morgan fingerprint density at radius 3 is 1.64 bits per heavy atom. The highest BCUT2D eigenvalue weighted by Crippen LogP contribution is 2.42. The van der Waals surface area contributed by atoms with E-state index in [4.69, 9.17) is 0 Å². The molecule has 0 aliphatic carbocycles. The summed E-state index contributed by atoms with van der Waals surface area (Å²) in [5.74, 6) is 0.424. The van der Waals surface area contributed by atoms with E-state index in [9.17, 15) is 4.79 Å². The summed E-state index contributed by atoms with van der Waals surface area (Å²) in [5.41, 5.74) is 5.02. The molecular formula is C34H26N4O. The highest BCUT2D eigenvalue weighted by Gasteiger charge is 2.42. The molecule has 0 aliphatic heterocycles. The number of hydrogen-bond donors (Lipinski definition) is 0. The van der Waals surface area contributed by atoms with E-state index in [0.29, 0.717) is 22.5 Å². The Bertz CT molecular complexity index is 1610. The van der Waals surface area contributed by atoms with Crippen molar-refractivity contribution in [3.05, 3.63) is 173 Å². The second kappa shape index (κ2) is 10.3. The Morgan fingerprint density at radius 1 is 0.615 bits per heavy atom. The van der Waals surface area contributed by atoms with E-state index in [1.165, 1.54) is 0 Å². The maximum atomic E-state index is 13.8. The van der Waals surface area contributed by atoms with Crippen LogP contribution in [0.1, 0.15) is 38.2 Å². The molecule has 0 bridgehead atoms. The first-order chi connectivity index (χ1) is 19.2. The second-order valence-electron chi connectivity index (χ2n) is 9.46. The van der Waals surface area contributed by atoms with E-state index in [1.807, 2.05) is 115 Å². The molecule has 0 spiro atoms.